The Kier molecular flexibility index (Phi) is 5.37. The molecule has 2 aliphatic heterocycles. The largest absolute Gasteiger partial charge is 0.454 e. The molecular weight excluding hydrogens is 436 g/mol. The van der Waals surface area contributed by atoms with Crippen LogP contribution in [0.4, 0.5) is 8.78 Å². The Morgan fingerprint density at radius 2 is 1.94 bits per heavy atom. The number of hydrogen-bond donors (Lipinski definition) is 0. The fraction of sp³-hybridized carbons (Fsp3) is 0.304. The molecule has 33 heavy (non-hydrogen) atoms. The number of rotatable bonds is 6. The molecule has 0 saturated carbocycles. The second-order valence-electron chi connectivity index (χ2n) is 7.86. The molecule has 2 aromatic carbocycles. The van der Waals surface area contributed by atoms with E-state index in [1.165, 1.54) is 24.3 Å². The summed E-state index contributed by atoms with van der Waals surface area (Å²) in [6.45, 7) is -2.57. The number of aromatic nitrogens is 2. The standard InChI is InChI=1S/C23H19F2N3O5/c24-23(25)28-18-6-2-1-5-17(18)26-19(28)12-33-22(31)13-7-8-15-16(10-13)21(30)27(20(15)29)11-14-4-3-9-32-14/h1-2,5-8,10,14,23H,3-4,9,11-12H2. The molecule has 1 aromatic heterocycles. The van der Waals surface area contributed by atoms with Gasteiger partial charge in [-0.3, -0.25) is 19.1 Å². The van der Waals surface area contributed by atoms with E-state index in [2.05, 4.69) is 4.98 Å². The molecule has 5 rings (SSSR count). The molecule has 0 spiro atoms. The number of fused-ring (bicyclic) bond motifs is 2. The monoisotopic (exact) mass is 455 g/mol. The van der Waals surface area contributed by atoms with Crippen molar-refractivity contribution in [2.24, 2.45) is 0 Å². The lowest BCUT2D eigenvalue weighted by molar-refractivity contribution is 0.0387. The molecule has 170 valence electrons. The van der Waals surface area contributed by atoms with Crippen LogP contribution in [0.25, 0.3) is 11.0 Å². The van der Waals surface area contributed by atoms with Gasteiger partial charge in [0, 0.05) is 6.61 Å². The van der Waals surface area contributed by atoms with Crippen LogP contribution in [0, 0.1) is 0 Å². The predicted octanol–water partition coefficient (Wildman–Crippen LogP) is 3.56. The van der Waals surface area contributed by atoms with Crippen LogP contribution in [0.2, 0.25) is 0 Å². The Labute approximate surface area is 186 Å². The number of esters is 1. The number of imidazole rings is 1. The highest BCUT2D eigenvalue weighted by Gasteiger charge is 2.38. The molecule has 0 aliphatic carbocycles. The van der Waals surface area contributed by atoms with Crippen molar-refractivity contribution >= 4 is 28.8 Å². The number of alkyl halides is 2. The summed E-state index contributed by atoms with van der Waals surface area (Å²) in [4.78, 5) is 43.2. The van der Waals surface area contributed by atoms with E-state index in [0.717, 1.165) is 17.7 Å². The Morgan fingerprint density at radius 3 is 2.70 bits per heavy atom. The average molecular weight is 455 g/mol. The molecule has 3 heterocycles. The van der Waals surface area contributed by atoms with Crippen molar-refractivity contribution in [2.45, 2.75) is 32.1 Å². The van der Waals surface area contributed by atoms with Gasteiger partial charge in [0.1, 0.15) is 6.61 Å². The lowest BCUT2D eigenvalue weighted by Gasteiger charge is -2.17. The van der Waals surface area contributed by atoms with Crippen molar-refractivity contribution in [3.05, 3.63) is 65.0 Å². The number of para-hydroxylation sites is 2. The summed E-state index contributed by atoms with van der Waals surface area (Å²) in [7, 11) is 0. The summed E-state index contributed by atoms with van der Waals surface area (Å²) in [6.07, 6.45) is 1.46. The van der Waals surface area contributed by atoms with E-state index < -0.39 is 30.9 Å². The molecule has 0 radical (unpaired) electrons. The summed E-state index contributed by atoms with van der Waals surface area (Å²) in [5, 5.41) is 0. The first-order chi connectivity index (χ1) is 15.9. The summed E-state index contributed by atoms with van der Waals surface area (Å²) >= 11 is 0. The Hall–Kier alpha value is -3.66. The number of halogens is 2. The van der Waals surface area contributed by atoms with Gasteiger partial charge in [0.05, 0.1) is 40.4 Å². The van der Waals surface area contributed by atoms with Crippen LogP contribution < -0.4 is 0 Å². The molecule has 1 saturated heterocycles. The van der Waals surface area contributed by atoms with Gasteiger partial charge in [-0.2, -0.15) is 8.78 Å². The van der Waals surface area contributed by atoms with E-state index in [4.69, 9.17) is 9.47 Å². The van der Waals surface area contributed by atoms with Crippen molar-refractivity contribution in [3.8, 4) is 0 Å². The van der Waals surface area contributed by atoms with E-state index in [9.17, 15) is 23.2 Å². The molecule has 3 aromatic rings. The van der Waals surface area contributed by atoms with E-state index in [0.29, 0.717) is 16.7 Å². The highest BCUT2D eigenvalue weighted by molar-refractivity contribution is 6.22. The van der Waals surface area contributed by atoms with Gasteiger partial charge in [-0.15, -0.1) is 0 Å². The molecule has 0 bridgehead atoms. The van der Waals surface area contributed by atoms with Crippen LogP contribution in [0.3, 0.4) is 0 Å². The third kappa shape index (κ3) is 3.76. The second-order valence-corrected chi connectivity index (χ2v) is 7.86. The van der Waals surface area contributed by atoms with Gasteiger partial charge in [0.2, 0.25) is 0 Å². The molecule has 1 unspecified atom stereocenters. The minimum atomic E-state index is -2.86. The number of imide groups is 1. The van der Waals surface area contributed by atoms with Crippen LogP contribution in [0.5, 0.6) is 0 Å². The number of carbonyl (C=O) groups is 3. The number of nitrogens with zero attached hydrogens (tertiary/aromatic N) is 3. The van der Waals surface area contributed by atoms with Gasteiger partial charge in [0.15, 0.2) is 5.82 Å². The maximum absolute atomic E-state index is 13.5. The Bertz CT molecular complexity index is 1270. The number of amides is 2. The van der Waals surface area contributed by atoms with Gasteiger partial charge in [-0.05, 0) is 43.2 Å². The maximum Gasteiger partial charge on any atom is 0.338 e. The minimum Gasteiger partial charge on any atom is -0.454 e. The fourth-order valence-corrected chi connectivity index (χ4v) is 4.20. The van der Waals surface area contributed by atoms with Crippen molar-refractivity contribution in [3.63, 3.8) is 0 Å². The highest BCUT2D eigenvalue weighted by atomic mass is 19.3. The normalized spacial score (nSPS) is 17.9. The highest BCUT2D eigenvalue weighted by Crippen LogP contribution is 2.27. The molecular formula is C23H19F2N3O5. The zero-order chi connectivity index (χ0) is 23.1. The predicted molar refractivity (Wildman–Crippen MR) is 111 cm³/mol. The molecule has 10 heteroatoms. The van der Waals surface area contributed by atoms with Crippen molar-refractivity contribution in [1.82, 2.24) is 14.5 Å². The molecule has 2 aliphatic rings. The SMILES string of the molecule is O=C(OCc1nc2ccccc2n1C(F)F)c1ccc2c(c1)C(=O)N(CC1CCCO1)C2=O. The Balaban J connectivity index is 1.33. The second kappa shape index (κ2) is 8.36. The first-order valence-corrected chi connectivity index (χ1v) is 10.5. The summed E-state index contributed by atoms with van der Waals surface area (Å²) in [5.74, 6) is -1.85. The summed E-state index contributed by atoms with van der Waals surface area (Å²) < 4.78 is 38.5. The topological polar surface area (TPSA) is 90.7 Å². The fourth-order valence-electron chi connectivity index (χ4n) is 4.20. The third-order valence-electron chi connectivity index (χ3n) is 5.81. The van der Waals surface area contributed by atoms with E-state index in [-0.39, 0.29) is 40.7 Å². The molecule has 1 fully saturated rings. The first kappa shape index (κ1) is 21.2. The number of hydrogen-bond acceptors (Lipinski definition) is 6. The zero-order valence-corrected chi connectivity index (χ0v) is 17.4. The smallest absolute Gasteiger partial charge is 0.338 e. The van der Waals surface area contributed by atoms with E-state index >= 15 is 0 Å². The quantitative estimate of drug-likeness (QED) is 0.417. The van der Waals surface area contributed by atoms with Crippen molar-refractivity contribution < 1.29 is 32.6 Å². The van der Waals surface area contributed by atoms with E-state index in [1.54, 1.807) is 18.2 Å². The number of benzene rings is 2. The zero-order valence-electron chi connectivity index (χ0n) is 17.4. The minimum absolute atomic E-state index is 0.0357. The number of ether oxygens (including phenoxy) is 2. The van der Waals surface area contributed by atoms with Gasteiger partial charge >= 0.3 is 12.5 Å². The summed E-state index contributed by atoms with van der Waals surface area (Å²) in [6, 6.07) is 10.4. The Morgan fingerprint density at radius 1 is 1.15 bits per heavy atom. The van der Waals surface area contributed by atoms with Crippen molar-refractivity contribution in [2.75, 3.05) is 13.2 Å². The van der Waals surface area contributed by atoms with Crippen LogP contribution in [0.1, 0.15) is 56.3 Å². The lowest BCUT2D eigenvalue weighted by Crippen LogP contribution is -2.36. The van der Waals surface area contributed by atoms with Gasteiger partial charge in [-0.1, -0.05) is 12.1 Å². The maximum atomic E-state index is 13.5. The molecule has 0 N–H and O–H groups in total. The van der Waals surface area contributed by atoms with E-state index in [1.807, 2.05) is 0 Å². The average Bonchev–Trinajstić information content (AvgIpc) is 3.51. The van der Waals surface area contributed by atoms with Gasteiger partial charge in [0.25, 0.3) is 11.8 Å². The van der Waals surface area contributed by atoms with Gasteiger partial charge < -0.3 is 9.47 Å². The first-order valence-electron chi connectivity index (χ1n) is 10.5. The van der Waals surface area contributed by atoms with Gasteiger partial charge in [-0.25, -0.2) is 9.78 Å². The summed E-state index contributed by atoms with van der Waals surface area (Å²) in [5.41, 5.74) is 0.929. The van der Waals surface area contributed by atoms with Crippen molar-refractivity contribution in [1.29, 1.82) is 0 Å². The molecule has 8 nitrogen and oxygen atoms in total. The lowest BCUT2D eigenvalue weighted by atomic mass is 10.1. The third-order valence-corrected chi connectivity index (χ3v) is 5.81. The van der Waals surface area contributed by atoms with Crippen LogP contribution >= 0.6 is 0 Å². The van der Waals surface area contributed by atoms with Crippen LogP contribution in [-0.4, -0.2) is 51.5 Å². The number of carbonyl (C=O) groups excluding carboxylic acids is 3. The molecule has 2 amide bonds. The van der Waals surface area contributed by atoms with Crippen LogP contribution in [0.15, 0.2) is 42.5 Å². The van der Waals surface area contributed by atoms with Crippen LogP contribution in [-0.2, 0) is 16.1 Å². The molecule has 1 atom stereocenters.